The summed E-state index contributed by atoms with van der Waals surface area (Å²) in [4.78, 5) is 12.9. The van der Waals surface area contributed by atoms with E-state index in [1.54, 1.807) is 13.3 Å². The molecular weight excluding hydrogens is 475 g/mol. The number of benzene rings is 3. The van der Waals surface area contributed by atoms with E-state index in [2.05, 4.69) is 57.4 Å². The van der Waals surface area contributed by atoms with E-state index in [0.717, 1.165) is 21.3 Å². The fourth-order valence-electron chi connectivity index (χ4n) is 3.87. The third-order valence-electron chi connectivity index (χ3n) is 5.42. The standard InChI is InChI=1S/C24H21IN2O2/c1-29-22-13-12-17(14-21(22)25)16-26-27-23(28)20-15-24(20,18-8-4-2-5-9-18)19-10-6-3-7-11-19/h2-14,16,20H,15H2,1H3,(H,27,28)/b26-16-/t20-/m0/s1. The second-order valence-corrected chi connectivity index (χ2v) is 8.25. The van der Waals surface area contributed by atoms with Gasteiger partial charge in [0.1, 0.15) is 5.75 Å². The van der Waals surface area contributed by atoms with Crippen LogP contribution in [-0.4, -0.2) is 19.2 Å². The molecule has 0 aromatic heterocycles. The molecule has 1 N–H and O–H groups in total. The van der Waals surface area contributed by atoms with Gasteiger partial charge in [0.2, 0.25) is 5.91 Å². The summed E-state index contributed by atoms with van der Waals surface area (Å²) in [6.07, 6.45) is 2.44. The molecule has 29 heavy (non-hydrogen) atoms. The molecule has 0 saturated heterocycles. The largest absolute Gasteiger partial charge is 0.496 e. The fourth-order valence-corrected chi connectivity index (χ4v) is 4.63. The van der Waals surface area contributed by atoms with Crippen molar-refractivity contribution in [2.75, 3.05) is 7.11 Å². The summed E-state index contributed by atoms with van der Waals surface area (Å²) in [6.45, 7) is 0. The highest BCUT2D eigenvalue weighted by Crippen LogP contribution is 2.58. The molecular formula is C24H21IN2O2. The number of hydrogen-bond acceptors (Lipinski definition) is 3. The van der Waals surface area contributed by atoms with E-state index in [4.69, 9.17) is 4.74 Å². The van der Waals surface area contributed by atoms with Crippen LogP contribution in [0, 0.1) is 9.49 Å². The summed E-state index contributed by atoms with van der Waals surface area (Å²) in [5.41, 5.74) is 5.69. The average molecular weight is 496 g/mol. The summed E-state index contributed by atoms with van der Waals surface area (Å²) >= 11 is 2.22. The first-order valence-electron chi connectivity index (χ1n) is 9.42. The Bertz CT molecular complexity index is 996. The Morgan fingerprint density at radius 3 is 2.24 bits per heavy atom. The van der Waals surface area contributed by atoms with Crippen LogP contribution in [0.15, 0.2) is 84.0 Å². The second-order valence-electron chi connectivity index (χ2n) is 7.09. The Labute approximate surface area is 184 Å². The van der Waals surface area contributed by atoms with E-state index >= 15 is 0 Å². The Hall–Kier alpha value is -2.67. The van der Waals surface area contributed by atoms with Gasteiger partial charge in [-0.05, 0) is 63.9 Å². The minimum absolute atomic E-state index is 0.0582. The molecule has 0 unspecified atom stereocenters. The normalized spacial score (nSPS) is 17.1. The van der Waals surface area contributed by atoms with Crippen molar-refractivity contribution in [3.05, 3.63) is 99.1 Å². The fraction of sp³-hybridized carbons (Fsp3) is 0.167. The van der Waals surface area contributed by atoms with Crippen molar-refractivity contribution >= 4 is 34.7 Å². The molecule has 1 amide bonds. The average Bonchev–Trinajstić information content (AvgIpc) is 3.52. The van der Waals surface area contributed by atoms with Crippen LogP contribution in [0.25, 0.3) is 0 Å². The summed E-state index contributed by atoms with van der Waals surface area (Å²) in [5.74, 6) is 0.623. The first-order valence-corrected chi connectivity index (χ1v) is 10.5. The lowest BCUT2D eigenvalue weighted by Crippen LogP contribution is -2.25. The van der Waals surface area contributed by atoms with E-state index in [1.807, 2.05) is 54.6 Å². The summed E-state index contributed by atoms with van der Waals surface area (Å²) in [5, 5.41) is 4.18. The smallest absolute Gasteiger partial charge is 0.244 e. The third kappa shape index (κ3) is 3.92. The molecule has 3 aromatic rings. The zero-order valence-electron chi connectivity index (χ0n) is 16.0. The quantitative estimate of drug-likeness (QED) is 0.304. The van der Waals surface area contributed by atoms with Crippen molar-refractivity contribution in [1.82, 2.24) is 5.43 Å². The van der Waals surface area contributed by atoms with E-state index in [0.29, 0.717) is 0 Å². The van der Waals surface area contributed by atoms with Crippen LogP contribution in [0.1, 0.15) is 23.1 Å². The highest BCUT2D eigenvalue weighted by molar-refractivity contribution is 14.1. The van der Waals surface area contributed by atoms with Gasteiger partial charge in [-0.1, -0.05) is 60.7 Å². The molecule has 1 aliphatic carbocycles. The summed E-state index contributed by atoms with van der Waals surface area (Å²) in [6, 6.07) is 26.3. The lowest BCUT2D eigenvalue weighted by atomic mass is 9.85. The number of hydrogen-bond donors (Lipinski definition) is 1. The number of carbonyl (C=O) groups is 1. The molecule has 0 heterocycles. The van der Waals surface area contributed by atoms with Crippen molar-refractivity contribution < 1.29 is 9.53 Å². The number of halogens is 1. The molecule has 5 heteroatoms. The zero-order chi connectivity index (χ0) is 20.3. The van der Waals surface area contributed by atoms with Gasteiger partial charge in [-0.2, -0.15) is 5.10 Å². The molecule has 1 fully saturated rings. The van der Waals surface area contributed by atoms with Gasteiger partial charge in [-0.3, -0.25) is 4.79 Å². The lowest BCUT2D eigenvalue weighted by Gasteiger charge is -2.18. The monoisotopic (exact) mass is 496 g/mol. The van der Waals surface area contributed by atoms with Crippen LogP contribution in [0.2, 0.25) is 0 Å². The van der Waals surface area contributed by atoms with Crippen molar-refractivity contribution in [3.63, 3.8) is 0 Å². The van der Waals surface area contributed by atoms with Crippen LogP contribution in [0.4, 0.5) is 0 Å². The van der Waals surface area contributed by atoms with Crippen molar-refractivity contribution in [1.29, 1.82) is 0 Å². The van der Waals surface area contributed by atoms with Crippen molar-refractivity contribution in [2.45, 2.75) is 11.8 Å². The molecule has 0 aliphatic heterocycles. The number of nitrogens with one attached hydrogen (secondary N) is 1. The number of rotatable bonds is 6. The summed E-state index contributed by atoms with van der Waals surface area (Å²) < 4.78 is 6.26. The van der Waals surface area contributed by atoms with E-state index < -0.39 is 0 Å². The van der Waals surface area contributed by atoms with Crippen LogP contribution >= 0.6 is 22.6 Å². The number of nitrogens with zero attached hydrogens (tertiary/aromatic N) is 1. The minimum atomic E-state index is -0.280. The maximum absolute atomic E-state index is 12.9. The SMILES string of the molecule is COc1ccc(/C=N\NC(=O)[C@@H]2CC2(c2ccccc2)c2ccccc2)cc1I. The predicted octanol–water partition coefficient (Wildman–Crippen LogP) is 4.76. The van der Waals surface area contributed by atoms with E-state index in [9.17, 15) is 4.79 Å². The van der Waals surface area contributed by atoms with E-state index in [1.165, 1.54) is 11.1 Å². The Morgan fingerprint density at radius 2 is 1.69 bits per heavy atom. The van der Waals surface area contributed by atoms with Crippen molar-refractivity contribution in [3.8, 4) is 5.75 Å². The highest BCUT2D eigenvalue weighted by atomic mass is 127. The molecule has 4 rings (SSSR count). The number of ether oxygens (including phenoxy) is 1. The summed E-state index contributed by atoms with van der Waals surface area (Å²) in [7, 11) is 1.65. The molecule has 0 bridgehead atoms. The van der Waals surface area contributed by atoms with Crippen LogP contribution in [0.3, 0.4) is 0 Å². The molecule has 1 saturated carbocycles. The first-order chi connectivity index (χ1) is 14.1. The topological polar surface area (TPSA) is 50.7 Å². The van der Waals surface area contributed by atoms with Crippen molar-refractivity contribution in [2.24, 2.45) is 11.0 Å². The lowest BCUT2D eigenvalue weighted by molar-refractivity contribution is -0.122. The maximum Gasteiger partial charge on any atom is 0.244 e. The number of carbonyl (C=O) groups excluding carboxylic acids is 1. The molecule has 146 valence electrons. The number of amides is 1. The highest BCUT2D eigenvalue weighted by Gasteiger charge is 2.60. The maximum atomic E-state index is 12.9. The van der Waals surface area contributed by atoms with Gasteiger partial charge in [-0.25, -0.2) is 5.43 Å². The Balaban J connectivity index is 1.51. The molecule has 4 nitrogen and oxygen atoms in total. The second kappa shape index (κ2) is 8.37. The van der Waals surface area contributed by atoms with Crippen LogP contribution < -0.4 is 10.2 Å². The number of methoxy groups -OCH3 is 1. The third-order valence-corrected chi connectivity index (χ3v) is 6.26. The zero-order valence-corrected chi connectivity index (χ0v) is 18.2. The molecule has 0 radical (unpaired) electrons. The van der Waals surface area contributed by atoms with Gasteiger partial charge in [-0.15, -0.1) is 0 Å². The molecule has 3 aromatic carbocycles. The van der Waals surface area contributed by atoms with Crippen LogP contribution in [0.5, 0.6) is 5.75 Å². The Morgan fingerprint density at radius 1 is 1.07 bits per heavy atom. The van der Waals surface area contributed by atoms with Gasteiger partial charge in [0.15, 0.2) is 0 Å². The predicted molar refractivity (Wildman–Crippen MR) is 123 cm³/mol. The number of hydrazone groups is 1. The molecule has 0 spiro atoms. The minimum Gasteiger partial charge on any atom is -0.496 e. The van der Waals surface area contributed by atoms with Gasteiger partial charge in [0, 0.05) is 5.41 Å². The van der Waals surface area contributed by atoms with E-state index in [-0.39, 0.29) is 17.2 Å². The first kappa shape index (κ1) is 19.6. The van der Waals surface area contributed by atoms with Gasteiger partial charge >= 0.3 is 0 Å². The molecule has 1 atom stereocenters. The van der Waals surface area contributed by atoms with Crippen LogP contribution in [-0.2, 0) is 10.2 Å². The molecule has 1 aliphatic rings. The van der Waals surface area contributed by atoms with Gasteiger partial charge in [0.05, 0.1) is 22.8 Å². The Kier molecular flexibility index (Phi) is 5.67. The van der Waals surface area contributed by atoms with Gasteiger partial charge < -0.3 is 4.74 Å². The van der Waals surface area contributed by atoms with Gasteiger partial charge in [0.25, 0.3) is 0 Å².